The number of carbonyl (C=O) groups excluding carboxylic acids is 1. The van der Waals surface area contributed by atoms with E-state index >= 15 is 0 Å². The van der Waals surface area contributed by atoms with E-state index in [-0.39, 0.29) is 11.3 Å². The molecule has 0 saturated heterocycles. The summed E-state index contributed by atoms with van der Waals surface area (Å²) in [6, 6.07) is 5.20. The van der Waals surface area contributed by atoms with Crippen LogP contribution in [0.15, 0.2) is 24.3 Å². The molecule has 0 bridgehead atoms. The minimum Gasteiger partial charge on any atom is -0.435 e. The van der Waals surface area contributed by atoms with Gasteiger partial charge in [-0.05, 0) is 12.1 Å². The first-order chi connectivity index (χ1) is 7.13. The van der Waals surface area contributed by atoms with Crippen LogP contribution in [0.25, 0.3) is 5.53 Å². The number of hydrogen-bond donors (Lipinski definition) is 0. The number of ketones is 1. The zero-order valence-electron chi connectivity index (χ0n) is 7.43. The fourth-order valence-electron chi connectivity index (χ4n) is 0.953. The maximum Gasteiger partial charge on any atom is 0.387 e. The minimum absolute atomic E-state index is 0.103. The predicted octanol–water partition coefficient (Wildman–Crippen LogP) is 1.77. The van der Waals surface area contributed by atoms with Crippen molar-refractivity contribution in [1.82, 2.24) is 0 Å². The summed E-state index contributed by atoms with van der Waals surface area (Å²) in [5.74, 6) is -0.723. The molecule has 15 heavy (non-hydrogen) atoms. The third-order valence-electron chi connectivity index (χ3n) is 1.52. The van der Waals surface area contributed by atoms with Gasteiger partial charge in [-0.3, -0.25) is 4.79 Å². The van der Waals surface area contributed by atoms with E-state index in [1.54, 1.807) is 0 Å². The van der Waals surface area contributed by atoms with Crippen LogP contribution in [0, 0.1) is 0 Å². The molecule has 0 aliphatic heterocycles. The van der Waals surface area contributed by atoms with Gasteiger partial charge in [0.25, 0.3) is 5.78 Å². The van der Waals surface area contributed by atoms with E-state index in [2.05, 4.69) is 9.53 Å². The molecular formula is C9H6F2N2O2. The number of nitrogens with zero attached hydrogens (tertiary/aromatic N) is 2. The van der Waals surface area contributed by atoms with E-state index in [1.807, 2.05) is 0 Å². The Kier molecular flexibility index (Phi) is 3.65. The van der Waals surface area contributed by atoms with E-state index < -0.39 is 12.4 Å². The van der Waals surface area contributed by atoms with Crippen molar-refractivity contribution in [1.29, 1.82) is 0 Å². The van der Waals surface area contributed by atoms with E-state index in [0.29, 0.717) is 6.21 Å². The standard InChI is InChI=1S/C9H6F2N2O2/c10-9(11)15-7-3-1-2-6(4-7)8(14)5-13-12/h1-5,9H. The van der Waals surface area contributed by atoms with Crippen LogP contribution in [-0.2, 0) is 0 Å². The van der Waals surface area contributed by atoms with Gasteiger partial charge in [-0.25, -0.2) is 0 Å². The van der Waals surface area contributed by atoms with Gasteiger partial charge in [0.15, 0.2) is 0 Å². The van der Waals surface area contributed by atoms with Gasteiger partial charge in [-0.15, -0.1) is 0 Å². The summed E-state index contributed by atoms with van der Waals surface area (Å²) in [5.41, 5.74) is 8.21. The lowest BCUT2D eigenvalue weighted by Gasteiger charge is -2.03. The smallest absolute Gasteiger partial charge is 0.387 e. The number of hydrogen-bond acceptors (Lipinski definition) is 2. The Labute approximate surface area is 83.7 Å². The molecule has 0 aliphatic rings. The maximum absolute atomic E-state index is 11.8. The SMILES string of the molecule is [N-]=[N+]=CC(=O)c1cccc(OC(F)F)c1. The van der Waals surface area contributed by atoms with Crippen LogP contribution in [-0.4, -0.2) is 23.4 Å². The normalized spacial score (nSPS) is 9.53. The van der Waals surface area contributed by atoms with Crippen molar-refractivity contribution in [3.05, 3.63) is 35.4 Å². The van der Waals surface area contributed by atoms with Crippen molar-refractivity contribution >= 4 is 12.0 Å². The van der Waals surface area contributed by atoms with Gasteiger partial charge in [0.1, 0.15) is 5.75 Å². The molecule has 0 amide bonds. The maximum atomic E-state index is 11.8. The number of Topliss-reactive ketones (excluding diaryl/α,β-unsaturated/α-hetero) is 1. The van der Waals surface area contributed by atoms with Crippen LogP contribution in [0.1, 0.15) is 10.4 Å². The van der Waals surface area contributed by atoms with Gasteiger partial charge in [-0.1, -0.05) is 12.1 Å². The Morgan fingerprint density at radius 2 is 2.27 bits per heavy atom. The van der Waals surface area contributed by atoms with E-state index in [4.69, 9.17) is 5.53 Å². The van der Waals surface area contributed by atoms with Crippen molar-refractivity contribution < 1.29 is 23.1 Å². The molecule has 0 aliphatic carbocycles. The monoisotopic (exact) mass is 212 g/mol. The van der Waals surface area contributed by atoms with Crippen molar-refractivity contribution in [2.75, 3.05) is 0 Å². The van der Waals surface area contributed by atoms with Crippen molar-refractivity contribution in [3.8, 4) is 5.75 Å². The Morgan fingerprint density at radius 3 is 2.87 bits per heavy atom. The number of rotatable bonds is 4. The third kappa shape index (κ3) is 3.28. The van der Waals surface area contributed by atoms with Crippen LogP contribution in [0.2, 0.25) is 0 Å². The quantitative estimate of drug-likeness (QED) is 0.330. The molecule has 78 valence electrons. The molecule has 1 aromatic carbocycles. The summed E-state index contributed by atoms with van der Waals surface area (Å²) in [6.07, 6.45) is 0.668. The summed E-state index contributed by atoms with van der Waals surface area (Å²) < 4.78 is 27.7. The molecule has 0 aromatic heterocycles. The summed E-state index contributed by atoms with van der Waals surface area (Å²) in [7, 11) is 0. The molecule has 0 N–H and O–H groups in total. The lowest BCUT2D eigenvalue weighted by Crippen LogP contribution is -2.04. The largest absolute Gasteiger partial charge is 0.435 e. The molecule has 0 radical (unpaired) electrons. The zero-order chi connectivity index (χ0) is 11.3. The molecule has 1 aromatic rings. The van der Waals surface area contributed by atoms with Gasteiger partial charge in [0.05, 0.1) is 0 Å². The predicted molar refractivity (Wildman–Crippen MR) is 47.1 cm³/mol. The Hall–Kier alpha value is -2.07. The van der Waals surface area contributed by atoms with E-state index in [9.17, 15) is 13.6 Å². The molecule has 0 spiro atoms. The highest BCUT2D eigenvalue weighted by Gasteiger charge is 2.10. The second kappa shape index (κ2) is 4.97. The van der Waals surface area contributed by atoms with Crippen LogP contribution < -0.4 is 4.74 Å². The molecule has 0 saturated carbocycles. The van der Waals surface area contributed by atoms with Crippen LogP contribution in [0.5, 0.6) is 5.75 Å². The van der Waals surface area contributed by atoms with Crippen molar-refractivity contribution in [2.45, 2.75) is 6.61 Å². The zero-order valence-corrected chi connectivity index (χ0v) is 7.43. The summed E-state index contributed by atoms with van der Waals surface area (Å²) in [4.78, 5) is 13.7. The van der Waals surface area contributed by atoms with Gasteiger partial charge in [-0.2, -0.15) is 13.6 Å². The first-order valence-corrected chi connectivity index (χ1v) is 3.90. The van der Waals surface area contributed by atoms with E-state index in [0.717, 1.165) is 6.07 Å². The molecule has 0 fully saturated rings. The highest BCUT2D eigenvalue weighted by atomic mass is 19.3. The highest BCUT2D eigenvalue weighted by molar-refractivity contribution is 6.33. The average Bonchev–Trinajstić information content (AvgIpc) is 2.17. The van der Waals surface area contributed by atoms with Crippen LogP contribution in [0.4, 0.5) is 8.78 Å². The average molecular weight is 212 g/mol. The van der Waals surface area contributed by atoms with Crippen molar-refractivity contribution in [3.63, 3.8) is 0 Å². The Balaban J connectivity index is 2.92. The van der Waals surface area contributed by atoms with Crippen LogP contribution >= 0.6 is 0 Å². The molecule has 4 nitrogen and oxygen atoms in total. The van der Waals surface area contributed by atoms with Crippen LogP contribution in [0.3, 0.4) is 0 Å². The van der Waals surface area contributed by atoms with Gasteiger partial charge in [0.2, 0.25) is 0 Å². The fourth-order valence-corrected chi connectivity index (χ4v) is 0.953. The Bertz CT molecular complexity index is 414. The fraction of sp³-hybridized carbons (Fsp3) is 0.111. The first-order valence-electron chi connectivity index (χ1n) is 3.90. The molecule has 1 rings (SSSR count). The molecule has 0 heterocycles. The minimum atomic E-state index is -2.94. The second-order valence-corrected chi connectivity index (χ2v) is 2.52. The molecule has 6 heteroatoms. The van der Waals surface area contributed by atoms with Gasteiger partial charge in [0, 0.05) is 5.56 Å². The van der Waals surface area contributed by atoms with Crippen molar-refractivity contribution in [2.24, 2.45) is 0 Å². The summed E-state index contributed by atoms with van der Waals surface area (Å²) in [6.45, 7) is -2.94. The number of carbonyl (C=O) groups is 1. The second-order valence-electron chi connectivity index (χ2n) is 2.52. The highest BCUT2D eigenvalue weighted by Crippen LogP contribution is 2.15. The number of benzene rings is 1. The van der Waals surface area contributed by atoms with Gasteiger partial charge < -0.3 is 10.3 Å². The first kappa shape index (κ1) is 11.0. The number of alkyl halides is 2. The summed E-state index contributed by atoms with van der Waals surface area (Å²) in [5, 5.41) is 0. The lowest BCUT2D eigenvalue weighted by molar-refractivity contribution is -0.0498. The lowest BCUT2D eigenvalue weighted by atomic mass is 10.1. The Morgan fingerprint density at radius 1 is 1.53 bits per heavy atom. The molecular weight excluding hydrogens is 206 g/mol. The van der Waals surface area contributed by atoms with E-state index in [1.165, 1.54) is 18.2 Å². The topological polar surface area (TPSA) is 62.7 Å². The molecule has 0 unspecified atom stereocenters. The molecule has 0 atom stereocenters. The van der Waals surface area contributed by atoms with Gasteiger partial charge >= 0.3 is 12.8 Å². The summed E-state index contributed by atoms with van der Waals surface area (Å²) >= 11 is 0. The third-order valence-corrected chi connectivity index (χ3v) is 1.52. The number of halogens is 2. The number of ether oxygens (including phenoxy) is 1.